The maximum atomic E-state index is 5.08. The Morgan fingerprint density at radius 1 is 0.905 bits per heavy atom. The maximum Gasteiger partial charge on any atom is 0.117 e. The molecule has 0 saturated heterocycles. The molecule has 4 aliphatic rings. The molecule has 1 aliphatic heterocycles. The molecule has 1 heterocycles. The van der Waals surface area contributed by atoms with Gasteiger partial charge in [0.05, 0.1) is 5.54 Å². The summed E-state index contributed by atoms with van der Waals surface area (Å²) in [5.74, 6) is 1.53. The first kappa shape index (κ1) is 12.4. The second kappa shape index (κ2) is 3.77. The summed E-state index contributed by atoms with van der Waals surface area (Å²) >= 11 is 0. The highest BCUT2D eigenvalue weighted by atomic mass is 15.3. The number of azo groups is 1. The van der Waals surface area contributed by atoms with E-state index in [9.17, 15) is 0 Å². The molecule has 0 amide bonds. The van der Waals surface area contributed by atoms with E-state index in [0.29, 0.717) is 0 Å². The normalized spacial score (nSPS) is 50.1. The van der Waals surface area contributed by atoms with Crippen LogP contribution in [-0.4, -0.2) is 5.54 Å². The van der Waals surface area contributed by atoms with Crippen LogP contribution in [0.1, 0.15) is 57.4 Å². The first-order chi connectivity index (χ1) is 10.2. The van der Waals surface area contributed by atoms with Crippen LogP contribution in [0.15, 0.2) is 40.6 Å². The van der Waals surface area contributed by atoms with Gasteiger partial charge < -0.3 is 0 Å². The minimum atomic E-state index is -0.0180. The molecule has 0 unspecified atom stereocenters. The summed E-state index contributed by atoms with van der Waals surface area (Å²) in [4.78, 5) is 0. The van der Waals surface area contributed by atoms with E-state index in [1.807, 2.05) is 0 Å². The van der Waals surface area contributed by atoms with Gasteiger partial charge in [-0.15, -0.1) is 0 Å². The number of hydrogen-bond donors (Lipinski definition) is 0. The number of nitrogens with zero attached hydrogens (tertiary/aromatic N) is 2. The lowest BCUT2D eigenvalue weighted by Gasteiger charge is -2.47. The molecule has 110 valence electrons. The first-order valence-electron chi connectivity index (χ1n) is 8.74. The summed E-state index contributed by atoms with van der Waals surface area (Å²) in [6, 6.07) is 11.1. The molecule has 0 aromatic heterocycles. The Labute approximate surface area is 127 Å². The number of rotatable bonds is 1. The second-order valence-electron chi connectivity index (χ2n) is 7.94. The molecular weight excluding hydrogens is 256 g/mol. The lowest BCUT2D eigenvalue weighted by atomic mass is 9.56. The summed E-state index contributed by atoms with van der Waals surface area (Å²) in [5.41, 5.74) is 1.85. The van der Waals surface area contributed by atoms with E-state index in [2.05, 4.69) is 37.3 Å². The minimum absolute atomic E-state index is 0.0180. The molecule has 2 bridgehead atoms. The molecule has 1 aromatic carbocycles. The topological polar surface area (TPSA) is 24.7 Å². The van der Waals surface area contributed by atoms with E-state index in [0.717, 1.165) is 11.8 Å². The van der Waals surface area contributed by atoms with Crippen molar-refractivity contribution in [3.8, 4) is 0 Å². The van der Waals surface area contributed by atoms with Crippen LogP contribution in [0, 0.1) is 17.3 Å². The molecular formula is C19H24N2. The van der Waals surface area contributed by atoms with Crippen molar-refractivity contribution in [2.24, 2.45) is 27.5 Å². The Kier molecular flexibility index (Phi) is 2.22. The fourth-order valence-corrected chi connectivity index (χ4v) is 6.79. The van der Waals surface area contributed by atoms with Gasteiger partial charge in [-0.25, -0.2) is 0 Å². The highest BCUT2D eigenvalue weighted by Crippen LogP contribution is 2.77. The third-order valence-corrected chi connectivity index (χ3v) is 7.55. The van der Waals surface area contributed by atoms with Crippen molar-refractivity contribution in [2.45, 2.75) is 62.9 Å². The van der Waals surface area contributed by atoms with Crippen LogP contribution in [-0.2, 0) is 5.54 Å². The van der Waals surface area contributed by atoms with Crippen molar-refractivity contribution in [2.75, 3.05) is 0 Å². The zero-order valence-corrected chi connectivity index (χ0v) is 12.9. The Hall–Kier alpha value is -1.18. The molecule has 21 heavy (non-hydrogen) atoms. The van der Waals surface area contributed by atoms with Crippen LogP contribution in [0.25, 0.3) is 0 Å². The molecule has 3 fully saturated rings. The van der Waals surface area contributed by atoms with Gasteiger partial charge in [0.25, 0.3) is 0 Å². The van der Waals surface area contributed by atoms with E-state index >= 15 is 0 Å². The van der Waals surface area contributed by atoms with Crippen molar-refractivity contribution >= 4 is 0 Å². The fraction of sp³-hybridized carbons (Fsp3) is 0.684. The summed E-state index contributed by atoms with van der Waals surface area (Å²) in [7, 11) is 0. The number of hydrogen-bond acceptors (Lipinski definition) is 2. The summed E-state index contributed by atoms with van der Waals surface area (Å²) < 4.78 is 0. The Morgan fingerprint density at radius 3 is 2.52 bits per heavy atom. The zero-order valence-electron chi connectivity index (χ0n) is 12.9. The molecule has 5 atom stereocenters. The molecule has 1 aromatic rings. The Balaban J connectivity index is 1.79. The fourth-order valence-electron chi connectivity index (χ4n) is 6.79. The van der Waals surface area contributed by atoms with Crippen LogP contribution in [0.2, 0.25) is 0 Å². The number of fused-ring (bicyclic) bond motifs is 2. The molecule has 0 N–H and O–H groups in total. The largest absolute Gasteiger partial charge is 0.185 e. The van der Waals surface area contributed by atoms with Gasteiger partial charge in [-0.05, 0) is 43.1 Å². The smallest absolute Gasteiger partial charge is 0.117 e. The monoisotopic (exact) mass is 280 g/mol. The quantitative estimate of drug-likeness (QED) is 0.684. The van der Waals surface area contributed by atoms with Crippen LogP contribution in [0.3, 0.4) is 0 Å². The van der Waals surface area contributed by atoms with Gasteiger partial charge in [-0.3, -0.25) is 0 Å². The van der Waals surface area contributed by atoms with Gasteiger partial charge in [0.15, 0.2) is 0 Å². The summed E-state index contributed by atoms with van der Waals surface area (Å²) in [6.45, 7) is 2.53. The molecule has 3 saturated carbocycles. The molecule has 0 spiro atoms. The lowest BCUT2D eigenvalue weighted by molar-refractivity contribution is 0.0665. The highest BCUT2D eigenvalue weighted by Gasteiger charge is 2.79. The van der Waals surface area contributed by atoms with Gasteiger partial charge in [0.1, 0.15) is 5.54 Å². The Morgan fingerprint density at radius 2 is 1.67 bits per heavy atom. The van der Waals surface area contributed by atoms with E-state index in [4.69, 9.17) is 10.2 Å². The predicted molar refractivity (Wildman–Crippen MR) is 83.1 cm³/mol. The minimum Gasteiger partial charge on any atom is -0.185 e. The lowest BCUT2D eigenvalue weighted by Crippen LogP contribution is -2.50. The standard InChI is InChI=1S/C19H24N2/c1-17-12-5-6-13-18(17)15-10-7-11-16(15)19(17,21-20-18)14-8-3-2-4-9-14/h2-4,8-9,15-16H,5-7,10-13H2,1H3/t15-,16+,17+,18+,19-/m0/s1. The molecule has 0 radical (unpaired) electrons. The third kappa shape index (κ3) is 1.12. The van der Waals surface area contributed by atoms with Gasteiger partial charge in [0, 0.05) is 5.41 Å². The van der Waals surface area contributed by atoms with E-state index < -0.39 is 0 Å². The molecule has 3 aliphatic carbocycles. The van der Waals surface area contributed by atoms with E-state index in [-0.39, 0.29) is 16.5 Å². The average molecular weight is 280 g/mol. The summed E-state index contributed by atoms with van der Waals surface area (Å²) in [5, 5.41) is 10.1. The molecule has 2 nitrogen and oxygen atoms in total. The van der Waals surface area contributed by atoms with Crippen molar-refractivity contribution in [3.63, 3.8) is 0 Å². The Bertz CT molecular complexity index is 609. The van der Waals surface area contributed by atoms with Crippen LogP contribution < -0.4 is 0 Å². The van der Waals surface area contributed by atoms with Gasteiger partial charge >= 0.3 is 0 Å². The van der Waals surface area contributed by atoms with E-state index in [1.54, 1.807) is 0 Å². The zero-order chi connectivity index (χ0) is 14.1. The molecule has 2 heteroatoms. The van der Waals surface area contributed by atoms with Crippen LogP contribution in [0.4, 0.5) is 0 Å². The van der Waals surface area contributed by atoms with Crippen molar-refractivity contribution in [3.05, 3.63) is 35.9 Å². The average Bonchev–Trinajstić information content (AvgIpc) is 3.15. The van der Waals surface area contributed by atoms with Crippen molar-refractivity contribution in [1.29, 1.82) is 0 Å². The maximum absolute atomic E-state index is 5.08. The summed E-state index contributed by atoms with van der Waals surface area (Å²) in [6.07, 6.45) is 9.42. The van der Waals surface area contributed by atoms with Gasteiger partial charge in [-0.1, -0.05) is 56.5 Å². The van der Waals surface area contributed by atoms with Crippen molar-refractivity contribution < 1.29 is 0 Å². The van der Waals surface area contributed by atoms with Crippen molar-refractivity contribution in [1.82, 2.24) is 0 Å². The number of benzene rings is 1. The first-order valence-corrected chi connectivity index (χ1v) is 8.74. The van der Waals surface area contributed by atoms with Gasteiger partial charge in [0.2, 0.25) is 0 Å². The SMILES string of the molecule is C[C@@]12CCCC[C@]13N=N[C@@]2(c1ccccc1)[C@@H]1CCC[C@@H]13. The molecule has 5 rings (SSSR count). The third-order valence-electron chi connectivity index (χ3n) is 7.55. The van der Waals surface area contributed by atoms with E-state index in [1.165, 1.54) is 50.5 Å². The highest BCUT2D eigenvalue weighted by molar-refractivity contribution is 5.41. The predicted octanol–water partition coefficient (Wildman–Crippen LogP) is 5.10. The van der Waals surface area contributed by atoms with Gasteiger partial charge in [-0.2, -0.15) is 10.2 Å². The second-order valence-corrected chi connectivity index (χ2v) is 7.94. The van der Waals surface area contributed by atoms with Crippen LogP contribution in [0.5, 0.6) is 0 Å². The van der Waals surface area contributed by atoms with Crippen LogP contribution >= 0.6 is 0 Å².